The Kier molecular flexibility index (Phi) is 6.02. The number of carbonyl (C=O) groups is 1. The molecule has 0 spiro atoms. The molecule has 2 nitrogen and oxygen atoms in total. The Hall–Kier alpha value is 0.0101. The Balaban J connectivity index is 0. The first-order chi connectivity index (χ1) is 2.64. The molecular weight excluding hydrogens is 202 g/mol. The van der Waals surface area contributed by atoms with E-state index in [-0.39, 0.29) is 25.8 Å². The summed E-state index contributed by atoms with van der Waals surface area (Å²) < 4.78 is 11.0. The molecule has 0 saturated heterocycles. The van der Waals surface area contributed by atoms with Crippen molar-refractivity contribution in [2.75, 3.05) is 0 Å². The average Bonchev–Trinajstić information content (AvgIpc) is 1.36. The third-order valence-electron chi connectivity index (χ3n) is 0.232. The third-order valence-corrected chi connectivity index (χ3v) is 0.232. The van der Waals surface area contributed by atoms with Gasteiger partial charge in [0.2, 0.25) is 5.83 Å². The topological polar surface area (TPSA) is 37.3 Å². The van der Waals surface area contributed by atoms with Crippen LogP contribution in [0.25, 0.3) is 0 Å². The Labute approximate surface area is 58.8 Å². The van der Waals surface area contributed by atoms with E-state index in [4.69, 9.17) is 5.11 Å². The summed E-state index contributed by atoms with van der Waals surface area (Å²) in [5, 5.41) is 7.52. The number of hydrogen-bond acceptors (Lipinski definition) is 1. The third kappa shape index (κ3) is 6.01. The van der Waals surface area contributed by atoms with Gasteiger partial charge in [-0.15, -0.1) is 0 Å². The van der Waals surface area contributed by atoms with Gasteiger partial charge >= 0.3 is 5.97 Å². The summed E-state index contributed by atoms with van der Waals surface area (Å²) in [4.78, 5) is 9.22. The molecule has 0 bridgehead atoms. The van der Waals surface area contributed by atoms with Crippen LogP contribution >= 0.6 is 0 Å². The zero-order chi connectivity index (χ0) is 5.15. The predicted octanol–water partition coefficient (Wildman–Crippen LogP) is 0.173. The minimum atomic E-state index is -1.60. The average molecular weight is 205 g/mol. The van der Waals surface area contributed by atoms with E-state index in [9.17, 15) is 9.18 Å². The van der Waals surface area contributed by atoms with Crippen molar-refractivity contribution in [1.82, 2.24) is 0 Å². The van der Waals surface area contributed by atoms with Crippen LogP contribution in [0.15, 0.2) is 12.4 Å². The molecule has 0 amide bonds. The van der Waals surface area contributed by atoms with Gasteiger partial charge in [-0.1, -0.05) is 6.58 Å². The molecule has 3 radical (unpaired) electrons. The molecule has 0 atom stereocenters. The molecule has 0 fully saturated rings. The maximum absolute atomic E-state index is 11.0. The molecule has 7 heavy (non-hydrogen) atoms. The molecule has 0 saturated carbocycles. The molecule has 0 aliphatic heterocycles. The molecule has 0 aromatic rings. The van der Waals surface area contributed by atoms with E-state index in [1.54, 1.807) is 0 Å². The normalized spacial score (nSPS) is 6.43. The summed E-state index contributed by atoms with van der Waals surface area (Å²) >= 11 is 0. The van der Waals surface area contributed by atoms with E-state index < -0.39 is 11.8 Å². The molecule has 0 aromatic heterocycles. The molecule has 1 N–H and O–H groups in total. The Morgan fingerprint density at radius 3 is 1.86 bits per heavy atom. The van der Waals surface area contributed by atoms with E-state index in [1.165, 1.54) is 0 Å². The molecule has 4 heteroatoms. The zero-order valence-electron chi connectivity index (χ0n) is 3.52. The molecule has 0 rings (SSSR count). The maximum atomic E-state index is 11.0. The summed E-state index contributed by atoms with van der Waals surface area (Å²) in [6.07, 6.45) is 0. The van der Waals surface area contributed by atoms with Crippen LogP contribution < -0.4 is 0 Å². The van der Waals surface area contributed by atoms with E-state index in [0.29, 0.717) is 0 Å². The van der Waals surface area contributed by atoms with Crippen LogP contribution in [0.2, 0.25) is 0 Å². The number of halogens is 1. The predicted molar refractivity (Wildman–Crippen MR) is 23.6 cm³/mol. The van der Waals surface area contributed by atoms with Gasteiger partial charge in [-0.05, 0) is 0 Å². The number of aliphatic carboxylic acids is 1. The summed E-state index contributed by atoms with van der Waals surface area (Å²) in [5.74, 6) is -2.93. The number of hydrogen-bond donors (Lipinski definition) is 1. The molecule has 0 aliphatic carbocycles. The minimum absolute atomic E-state index is 0. The monoisotopic (exact) mass is 205 g/mol. The minimum Gasteiger partial charge on any atom is -0.476 e. The fourth-order valence-corrected chi connectivity index (χ4v) is 0. The van der Waals surface area contributed by atoms with E-state index in [1.807, 2.05) is 0 Å². The van der Waals surface area contributed by atoms with Gasteiger partial charge in [0.15, 0.2) is 0 Å². The van der Waals surface area contributed by atoms with Crippen LogP contribution in [0.3, 0.4) is 0 Å². The second kappa shape index (κ2) is 4.18. The summed E-state index contributed by atoms with van der Waals surface area (Å²) in [7, 11) is 0. The van der Waals surface area contributed by atoms with Crippen LogP contribution in [-0.2, 0) is 4.79 Å². The molecule has 0 aromatic carbocycles. The number of carboxylic acids is 1. The van der Waals surface area contributed by atoms with Gasteiger partial charge in [-0.3, -0.25) is 0 Å². The van der Waals surface area contributed by atoms with Gasteiger partial charge in [0.05, 0.1) is 0 Å². The number of rotatable bonds is 1. The van der Waals surface area contributed by atoms with Crippen molar-refractivity contribution >= 4 is 31.8 Å². The van der Waals surface area contributed by atoms with E-state index in [0.717, 1.165) is 0 Å². The van der Waals surface area contributed by atoms with Gasteiger partial charge in [0, 0.05) is 25.8 Å². The summed E-state index contributed by atoms with van der Waals surface area (Å²) in [6.45, 7) is 2.49. The van der Waals surface area contributed by atoms with Crippen molar-refractivity contribution < 1.29 is 14.3 Å². The Morgan fingerprint density at radius 2 is 1.86 bits per heavy atom. The van der Waals surface area contributed by atoms with Crippen LogP contribution in [0.1, 0.15) is 0 Å². The van der Waals surface area contributed by atoms with Gasteiger partial charge in [-0.25, -0.2) is 4.79 Å². The van der Waals surface area contributed by atoms with Crippen LogP contribution in [-0.4, -0.2) is 36.9 Å². The Bertz CT molecular complexity index is 78.9. The van der Waals surface area contributed by atoms with Crippen molar-refractivity contribution in [2.24, 2.45) is 0 Å². The fraction of sp³-hybridized carbons (Fsp3) is 0. The number of carboxylic acid groups (broad SMARTS) is 1. The smallest absolute Gasteiger partial charge is 0.364 e. The second-order valence-corrected chi connectivity index (χ2v) is 0.710. The SMILES string of the molecule is C=C(F)C(=O)O.[In]. The molecule has 0 heterocycles. The van der Waals surface area contributed by atoms with Gasteiger partial charge < -0.3 is 5.11 Å². The quantitative estimate of drug-likeness (QED) is 0.619. The van der Waals surface area contributed by atoms with Crippen molar-refractivity contribution in [3.8, 4) is 0 Å². The first-order valence-corrected chi connectivity index (χ1v) is 1.22. The second-order valence-electron chi connectivity index (χ2n) is 0.710. The largest absolute Gasteiger partial charge is 0.476 e. The summed E-state index contributed by atoms with van der Waals surface area (Å²) in [5.41, 5.74) is 0. The van der Waals surface area contributed by atoms with Crippen LogP contribution in [0, 0.1) is 0 Å². The molecule has 0 aliphatic rings. The molecule has 37 valence electrons. The first-order valence-electron chi connectivity index (χ1n) is 1.22. The molecule has 0 unspecified atom stereocenters. The molecular formula is C3H3FInO2. The van der Waals surface area contributed by atoms with Gasteiger partial charge in [0.25, 0.3) is 0 Å². The van der Waals surface area contributed by atoms with Crippen LogP contribution in [0.5, 0.6) is 0 Å². The van der Waals surface area contributed by atoms with Gasteiger partial charge in [-0.2, -0.15) is 4.39 Å². The zero-order valence-corrected chi connectivity index (χ0v) is 6.81. The van der Waals surface area contributed by atoms with Crippen LogP contribution in [0.4, 0.5) is 4.39 Å². The standard InChI is InChI=1S/C3H3FO2.In/c1-2(4)3(5)6;/h1H2,(H,5,6);. The first kappa shape index (κ1) is 10.1. The Morgan fingerprint density at radius 1 is 1.71 bits per heavy atom. The van der Waals surface area contributed by atoms with Gasteiger partial charge in [0.1, 0.15) is 0 Å². The van der Waals surface area contributed by atoms with Crippen molar-refractivity contribution in [1.29, 1.82) is 0 Å². The summed E-state index contributed by atoms with van der Waals surface area (Å²) in [6, 6.07) is 0. The van der Waals surface area contributed by atoms with E-state index >= 15 is 0 Å². The van der Waals surface area contributed by atoms with E-state index in [2.05, 4.69) is 6.58 Å². The maximum Gasteiger partial charge on any atom is 0.364 e. The van der Waals surface area contributed by atoms with Crippen molar-refractivity contribution in [3.63, 3.8) is 0 Å². The van der Waals surface area contributed by atoms with Crippen molar-refractivity contribution in [3.05, 3.63) is 12.4 Å². The fourth-order valence-electron chi connectivity index (χ4n) is 0. The van der Waals surface area contributed by atoms with Crippen molar-refractivity contribution in [2.45, 2.75) is 0 Å².